The van der Waals surface area contributed by atoms with Crippen LogP contribution in [0, 0.1) is 0 Å². The minimum Gasteiger partial charge on any atom is -0.273 e. The molecule has 0 bridgehead atoms. The van der Waals surface area contributed by atoms with Crippen molar-refractivity contribution in [2.24, 2.45) is 0 Å². The average molecular weight is 358 g/mol. The first kappa shape index (κ1) is 17.3. The Bertz CT molecular complexity index is 979. The van der Waals surface area contributed by atoms with Crippen molar-refractivity contribution in [3.8, 4) is 0 Å². The monoisotopic (exact) mass is 358 g/mol. The molecule has 3 aromatic carbocycles. The standard InChI is InChI=1S/C23H22N2O2/c1-2-21-20(19-14-8-12-16-9-6-7-13-18(16)19)15-22(26)25(21)24-23(27)17-10-4-3-5-11-17/h3-14,20-21H,2,15H2,1H3,(H,24,27)/t20-,21-/m0/s1. The first-order chi connectivity index (χ1) is 13.2. The predicted molar refractivity (Wildman–Crippen MR) is 106 cm³/mol. The Balaban J connectivity index is 1.64. The fraction of sp³-hybridized carbons (Fsp3) is 0.217. The predicted octanol–water partition coefficient (Wildman–Crippen LogP) is 4.28. The molecule has 4 heteroatoms. The number of nitrogens with zero attached hydrogens (tertiary/aromatic N) is 1. The van der Waals surface area contributed by atoms with Crippen LogP contribution in [0.1, 0.15) is 41.6 Å². The summed E-state index contributed by atoms with van der Waals surface area (Å²) in [7, 11) is 0. The van der Waals surface area contributed by atoms with Crippen LogP contribution >= 0.6 is 0 Å². The minimum absolute atomic E-state index is 0.0379. The largest absolute Gasteiger partial charge is 0.273 e. The molecular formula is C23H22N2O2. The maximum absolute atomic E-state index is 12.7. The van der Waals surface area contributed by atoms with Crippen molar-refractivity contribution < 1.29 is 9.59 Å². The molecule has 4 nitrogen and oxygen atoms in total. The molecule has 2 amide bonds. The summed E-state index contributed by atoms with van der Waals surface area (Å²) < 4.78 is 0. The first-order valence-corrected chi connectivity index (χ1v) is 9.34. The van der Waals surface area contributed by atoms with Crippen LogP contribution in [-0.4, -0.2) is 22.9 Å². The summed E-state index contributed by atoms with van der Waals surface area (Å²) in [4.78, 5) is 25.3. The van der Waals surface area contributed by atoms with Crippen LogP contribution in [0.5, 0.6) is 0 Å². The Morgan fingerprint density at radius 2 is 1.70 bits per heavy atom. The molecule has 1 aliphatic rings. The number of nitrogens with one attached hydrogen (secondary N) is 1. The second kappa shape index (κ2) is 7.23. The van der Waals surface area contributed by atoms with Gasteiger partial charge in [0.25, 0.3) is 5.91 Å². The molecule has 136 valence electrons. The number of carbonyl (C=O) groups is 2. The molecule has 0 radical (unpaired) electrons. The highest BCUT2D eigenvalue weighted by Crippen LogP contribution is 2.38. The number of hydrogen-bond acceptors (Lipinski definition) is 2. The van der Waals surface area contributed by atoms with E-state index < -0.39 is 0 Å². The van der Waals surface area contributed by atoms with Crippen LogP contribution in [0.25, 0.3) is 10.8 Å². The van der Waals surface area contributed by atoms with Crippen LogP contribution in [-0.2, 0) is 4.79 Å². The summed E-state index contributed by atoms with van der Waals surface area (Å²) in [5, 5.41) is 3.89. The lowest BCUT2D eigenvalue weighted by molar-refractivity contribution is -0.131. The summed E-state index contributed by atoms with van der Waals surface area (Å²) in [6.07, 6.45) is 1.18. The van der Waals surface area contributed by atoms with Gasteiger partial charge in [-0.05, 0) is 34.9 Å². The molecule has 1 fully saturated rings. The Labute approximate surface area is 158 Å². The van der Waals surface area contributed by atoms with Gasteiger partial charge in [0.1, 0.15) is 0 Å². The number of hydrazine groups is 1. The van der Waals surface area contributed by atoms with E-state index in [1.165, 1.54) is 16.3 Å². The van der Waals surface area contributed by atoms with Crippen molar-refractivity contribution in [3.05, 3.63) is 83.9 Å². The average Bonchev–Trinajstić information content (AvgIpc) is 3.03. The van der Waals surface area contributed by atoms with E-state index in [2.05, 4.69) is 36.6 Å². The zero-order chi connectivity index (χ0) is 18.8. The molecule has 0 aromatic heterocycles. The van der Waals surface area contributed by atoms with Crippen molar-refractivity contribution in [2.45, 2.75) is 31.7 Å². The van der Waals surface area contributed by atoms with Gasteiger partial charge in [0.15, 0.2) is 0 Å². The van der Waals surface area contributed by atoms with Crippen LogP contribution in [0.3, 0.4) is 0 Å². The summed E-state index contributed by atoms with van der Waals surface area (Å²) in [6.45, 7) is 2.06. The first-order valence-electron chi connectivity index (χ1n) is 9.34. The number of amides is 2. The fourth-order valence-electron chi connectivity index (χ4n) is 4.05. The molecule has 1 saturated heterocycles. The third-order valence-electron chi connectivity index (χ3n) is 5.36. The highest BCUT2D eigenvalue weighted by molar-refractivity contribution is 5.96. The molecule has 0 aliphatic carbocycles. The molecule has 2 atom stereocenters. The number of fused-ring (bicyclic) bond motifs is 1. The summed E-state index contributed by atoms with van der Waals surface area (Å²) in [6, 6.07) is 23.4. The van der Waals surface area contributed by atoms with Crippen molar-refractivity contribution in [1.82, 2.24) is 10.4 Å². The van der Waals surface area contributed by atoms with E-state index in [4.69, 9.17) is 0 Å². The molecule has 1 aliphatic heterocycles. The van der Waals surface area contributed by atoms with Crippen LogP contribution in [0.4, 0.5) is 0 Å². The van der Waals surface area contributed by atoms with E-state index in [0.29, 0.717) is 12.0 Å². The van der Waals surface area contributed by atoms with Gasteiger partial charge < -0.3 is 0 Å². The molecule has 27 heavy (non-hydrogen) atoms. The van der Waals surface area contributed by atoms with Crippen LogP contribution < -0.4 is 5.43 Å². The molecule has 3 aromatic rings. The quantitative estimate of drug-likeness (QED) is 0.757. The minimum atomic E-state index is -0.249. The topological polar surface area (TPSA) is 49.4 Å². The Kier molecular flexibility index (Phi) is 4.63. The fourth-order valence-corrected chi connectivity index (χ4v) is 4.05. The Hall–Kier alpha value is -3.14. The zero-order valence-electron chi connectivity index (χ0n) is 15.3. The van der Waals surface area contributed by atoms with Crippen molar-refractivity contribution in [3.63, 3.8) is 0 Å². The van der Waals surface area contributed by atoms with E-state index in [9.17, 15) is 9.59 Å². The number of carbonyl (C=O) groups excluding carboxylic acids is 2. The van der Waals surface area contributed by atoms with Gasteiger partial charge in [-0.25, -0.2) is 0 Å². The highest BCUT2D eigenvalue weighted by Gasteiger charge is 2.41. The smallest absolute Gasteiger partial charge is 0.269 e. The normalized spacial score (nSPS) is 19.4. The van der Waals surface area contributed by atoms with E-state index in [0.717, 1.165) is 6.42 Å². The lowest BCUT2D eigenvalue weighted by Gasteiger charge is -2.28. The highest BCUT2D eigenvalue weighted by atomic mass is 16.2. The lowest BCUT2D eigenvalue weighted by atomic mass is 9.87. The zero-order valence-corrected chi connectivity index (χ0v) is 15.3. The molecule has 1 N–H and O–H groups in total. The Morgan fingerprint density at radius 3 is 2.48 bits per heavy atom. The number of benzene rings is 3. The molecule has 0 spiro atoms. The molecular weight excluding hydrogens is 336 g/mol. The van der Waals surface area contributed by atoms with Gasteiger partial charge in [0.2, 0.25) is 5.91 Å². The SMILES string of the molecule is CC[C@H]1[C@H](c2cccc3ccccc23)CC(=O)N1NC(=O)c1ccccc1. The van der Waals surface area contributed by atoms with E-state index in [1.807, 2.05) is 36.4 Å². The van der Waals surface area contributed by atoms with Gasteiger partial charge in [-0.2, -0.15) is 0 Å². The molecule has 0 saturated carbocycles. The van der Waals surface area contributed by atoms with Crippen molar-refractivity contribution >= 4 is 22.6 Å². The molecule has 0 unspecified atom stereocenters. The van der Waals surface area contributed by atoms with Gasteiger partial charge >= 0.3 is 0 Å². The van der Waals surface area contributed by atoms with E-state index in [-0.39, 0.29) is 23.8 Å². The maximum atomic E-state index is 12.7. The van der Waals surface area contributed by atoms with Crippen molar-refractivity contribution in [2.75, 3.05) is 0 Å². The summed E-state index contributed by atoms with van der Waals surface area (Å²) in [5.41, 5.74) is 4.56. The summed E-state index contributed by atoms with van der Waals surface area (Å²) in [5.74, 6) is -0.227. The van der Waals surface area contributed by atoms with Gasteiger partial charge in [0, 0.05) is 17.9 Å². The van der Waals surface area contributed by atoms with Crippen LogP contribution in [0.15, 0.2) is 72.8 Å². The van der Waals surface area contributed by atoms with Gasteiger partial charge in [-0.15, -0.1) is 0 Å². The van der Waals surface area contributed by atoms with Gasteiger partial charge in [0.05, 0.1) is 6.04 Å². The van der Waals surface area contributed by atoms with E-state index in [1.54, 1.807) is 17.1 Å². The second-order valence-electron chi connectivity index (χ2n) is 6.93. The number of rotatable bonds is 4. The van der Waals surface area contributed by atoms with Gasteiger partial charge in [-0.3, -0.25) is 20.0 Å². The second-order valence-corrected chi connectivity index (χ2v) is 6.93. The molecule has 4 rings (SSSR count). The summed E-state index contributed by atoms with van der Waals surface area (Å²) >= 11 is 0. The van der Waals surface area contributed by atoms with Crippen molar-refractivity contribution in [1.29, 1.82) is 0 Å². The van der Waals surface area contributed by atoms with E-state index >= 15 is 0 Å². The maximum Gasteiger partial charge on any atom is 0.269 e. The third-order valence-corrected chi connectivity index (χ3v) is 5.36. The third kappa shape index (κ3) is 3.19. The van der Waals surface area contributed by atoms with Crippen LogP contribution in [0.2, 0.25) is 0 Å². The molecule has 1 heterocycles. The lowest BCUT2D eigenvalue weighted by Crippen LogP contribution is -2.48. The van der Waals surface area contributed by atoms with Gasteiger partial charge in [-0.1, -0.05) is 67.6 Å². The number of hydrogen-bond donors (Lipinski definition) is 1. The Morgan fingerprint density at radius 1 is 1.00 bits per heavy atom.